The van der Waals surface area contributed by atoms with Gasteiger partial charge in [-0.15, -0.1) is 0 Å². The van der Waals surface area contributed by atoms with Crippen molar-refractivity contribution in [2.45, 2.75) is 6.92 Å². The van der Waals surface area contributed by atoms with Crippen LogP contribution >= 0.6 is 0 Å². The molecule has 0 bridgehead atoms. The first kappa shape index (κ1) is 13.4. The number of ether oxygens (including phenoxy) is 1. The van der Waals surface area contributed by atoms with Crippen LogP contribution in [0.4, 0.5) is 0 Å². The summed E-state index contributed by atoms with van der Waals surface area (Å²) in [6.07, 6.45) is 1.87. The standard InChI is InChI=1S/C19H17NO/c1-14-19(16-8-10-17(21-2)11-9-16)18(12-13-20-14)15-6-4-3-5-7-15/h3-13H,1-2H3. The van der Waals surface area contributed by atoms with Gasteiger partial charge in [0.15, 0.2) is 0 Å². The van der Waals surface area contributed by atoms with E-state index in [2.05, 4.69) is 47.4 Å². The van der Waals surface area contributed by atoms with E-state index in [0.29, 0.717) is 0 Å². The Labute approximate surface area is 125 Å². The van der Waals surface area contributed by atoms with Crippen molar-refractivity contribution < 1.29 is 4.74 Å². The van der Waals surface area contributed by atoms with Gasteiger partial charge in [-0.05, 0) is 41.8 Å². The molecule has 104 valence electrons. The molecule has 0 aliphatic carbocycles. The maximum atomic E-state index is 5.23. The molecular weight excluding hydrogens is 258 g/mol. The summed E-state index contributed by atoms with van der Waals surface area (Å²) in [5, 5.41) is 0. The van der Waals surface area contributed by atoms with E-state index in [-0.39, 0.29) is 0 Å². The molecule has 0 radical (unpaired) electrons. The van der Waals surface area contributed by atoms with Crippen LogP contribution in [0.15, 0.2) is 66.9 Å². The van der Waals surface area contributed by atoms with Crippen LogP contribution in [0.2, 0.25) is 0 Å². The third-order valence-electron chi connectivity index (χ3n) is 3.60. The van der Waals surface area contributed by atoms with Gasteiger partial charge < -0.3 is 4.74 Å². The van der Waals surface area contributed by atoms with E-state index in [0.717, 1.165) is 17.0 Å². The molecule has 0 N–H and O–H groups in total. The van der Waals surface area contributed by atoms with Gasteiger partial charge in [0.1, 0.15) is 5.75 Å². The topological polar surface area (TPSA) is 22.1 Å². The molecule has 0 atom stereocenters. The zero-order valence-electron chi connectivity index (χ0n) is 12.2. The van der Waals surface area contributed by atoms with Crippen LogP contribution in [0.3, 0.4) is 0 Å². The van der Waals surface area contributed by atoms with E-state index in [1.54, 1.807) is 7.11 Å². The highest BCUT2D eigenvalue weighted by Crippen LogP contribution is 2.34. The van der Waals surface area contributed by atoms with E-state index >= 15 is 0 Å². The van der Waals surface area contributed by atoms with Gasteiger partial charge in [0.05, 0.1) is 7.11 Å². The van der Waals surface area contributed by atoms with Crippen LogP contribution in [0.1, 0.15) is 5.69 Å². The molecule has 0 aliphatic rings. The average molecular weight is 275 g/mol. The van der Waals surface area contributed by atoms with Crippen molar-refractivity contribution in [3.8, 4) is 28.0 Å². The van der Waals surface area contributed by atoms with Crippen molar-refractivity contribution >= 4 is 0 Å². The van der Waals surface area contributed by atoms with Gasteiger partial charge in [-0.3, -0.25) is 4.98 Å². The van der Waals surface area contributed by atoms with E-state index < -0.39 is 0 Å². The fourth-order valence-corrected chi connectivity index (χ4v) is 2.55. The Morgan fingerprint density at radius 3 is 2.19 bits per heavy atom. The molecule has 0 saturated heterocycles. The highest BCUT2D eigenvalue weighted by molar-refractivity contribution is 5.84. The minimum atomic E-state index is 0.863. The van der Waals surface area contributed by atoms with Crippen molar-refractivity contribution in [2.24, 2.45) is 0 Å². The van der Waals surface area contributed by atoms with Crippen LogP contribution in [0, 0.1) is 6.92 Å². The minimum Gasteiger partial charge on any atom is -0.497 e. The van der Waals surface area contributed by atoms with Crippen molar-refractivity contribution in [3.63, 3.8) is 0 Å². The number of benzene rings is 2. The molecule has 1 heterocycles. The molecule has 2 aromatic carbocycles. The van der Waals surface area contributed by atoms with Crippen LogP contribution in [-0.2, 0) is 0 Å². The molecule has 0 aliphatic heterocycles. The Morgan fingerprint density at radius 1 is 0.810 bits per heavy atom. The summed E-state index contributed by atoms with van der Waals surface area (Å²) >= 11 is 0. The first-order valence-electron chi connectivity index (χ1n) is 6.95. The number of aromatic nitrogens is 1. The number of hydrogen-bond donors (Lipinski definition) is 0. The van der Waals surface area contributed by atoms with Gasteiger partial charge >= 0.3 is 0 Å². The van der Waals surface area contributed by atoms with Crippen molar-refractivity contribution in [1.82, 2.24) is 4.98 Å². The van der Waals surface area contributed by atoms with Crippen molar-refractivity contribution in [2.75, 3.05) is 7.11 Å². The zero-order chi connectivity index (χ0) is 14.7. The number of aryl methyl sites for hydroxylation is 1. The number of nitrogens with zero attached hydrogens (tertiary/aromatic N) is 1. The predicted molar refractivity (Wildman–Crippen MR) is 86.4 cm³/mol. The average Bonchev–Trinajstić information content (AvgIpc) is 2.55. The van der Waals surface area contributed by atoms with Crippen LogP contribution < -0.4 is 4.74 Å². The maximum absolute atomic E-state index is 5.23. The second-order valence-electron chi connectivity index (χ2n) is 4.91. The zero-order valence-corrected chi connectivity index (χ0v) is 12.2. The quantitative estimate of drug-likeness (QED) is 0.689. The number of pyridine rings is 1. The van der Waals surface area contributed by atoms with Gasteiger partial charge in [0.25, 0.3) is 0 Å². The molecule has 0 spiro atoms. The number of rotatable bonds is 3. The first-order chi connectivity index (χ1) is 10.3. The smallest absolute Gasteiger partial charge is 0.118 e. The van der Waals surface area contributed by atoms with Crippen LogP contribution in [-0.4, -0.2) is 12.1 Å². The van der Waals surface area contributed by atoms with Crippen molar-refractivity contribution in [3.05, 3.63) is 72.6 Å². The molecule has 1 aromatic heterocycles. The highest BCUT2D eigenvalue weighted by atomic mass is 16.5. The Hall–Kier alpha value is -2.61. The normalized spacial score (nSPS) is 10.4. The maximum Gasteiger partial charge on any atom is 0.118 e. The molecule has 0 saturated carbocycles. The molecule has 3 aromatic rings. The summed E-state index contributed by atoms with van der Waals surface area (Å²) in [4.78, 5) is 4.45. The molecule has 21 heavy (non-hydrogen) atoms. The second-order valence-corrected chi connectivity index (χ2v) is 4.91. The molecule has 0 fully saturated rings. The van der Waals surface area contributed by atoms with Gasteiger partial charge in [-0.1, -0.05) is 42.5 Å². The van der Waals surface area contributed by atoms with Gasteiger partial charge in [0.2, 0.25) is 0 Å². The van der Waals surface area contributed by atoms with E-state index in [1.165, 1.54) is 16.7 Å². The van der Waals surface area contributed by atoms with Crippen LogP contribution in [0.5, 0.6) is 5.75 Å². The molecule has 2 nitrogen and oxygen atoms in total. The monoisotopic (exact) mass is 275 g/mol. The summed E-state index contributed by atoms with van der Waals surface area (Å²) in [5.41, 5.74) is 5.76. The fourth-order valence-electron chi connectivity index (χ4n) is 2.55. The Kier molecular flexibility index (Phi) is 3.69. The molecule has 0 amide bonds. The third kappa shape index (κ3) is 2.65. The lowest BCUT2D eigenvalue weighted by Gasteiger charge is -2.13. The van der Waals surface area contributed by atoms with Crippen LogP contribution in [0.25, 0.3) is 22.3 Å². The molecule has 0 unspecified atom stereocenters. The van der Waals surface area contributed by atoms with Gasteiger partial charge in [0, 0.05) is 17.5 Å². The SMILES string of the molecule is COc1ccc(-c2c(-c3ccccc3)ccnc2C)cc1. The van der Waals surface area contributed by atoms with Crippen molar-refractivity contribution in [1.29, 1.82) is 0 Å². The highest BCUT2D eigenvalue weighted by Gasteiger charge is 2.10. The lowest BCUT2D eigenvalue weighted by molar-refractivity contribution is 0.415. The Bertz CT molecular complexity index is 733. The lowest BCUT2D eigenvalue weighted by atomic mass is 9.94. The Morgan fingerprint density at radius 2 is 1.52 bits per heavy atom. The van der Waals surface area contributed by atoms with Gasteiger partial charge in [-0.2, -0.15) is 0 Å². The van der Waals surface area contributed by atoms with E-state index in [1.807, 2.05) is 31.3 Å². The summed E-state index contributed by atoms with van der Waals surface area (Å²) in [6.45, 7) is 2.05. The lowest BCUT2D eigenvalue weighted by Crippen LogP contribution is -1.92. The minimum absolute atomic E-state index is 0.863. The fraction of sp³-hybridized carbons (Fsp3) is 0.105. The largest absolute Gasteiger partial charge is 0.497 e. The predicted octanol–water partition coefficient (Wildman–Crippen LogP) is 4.73. The third-order valence-corrected chi connectivity index (χ3v) is 3.60. The second kappa shape index (κ2) is 5.80. The van der Waals surface area contributed by atoms with E-state index in [4.69, 9.17) is 4.74 Å². The molecule has 2 heteroatoms. The number of methoxy groups -OCH3 is 1. The number of hydrogen-bond acceptors (Lipinski definition) is 2. The summed E-state index contributed by atoms with van der Waals surface area (Å²) in [5.74, 6) is 0.863. The van der Waals surface area contributed by atoms with E-state index in [9.17, 15) is 0 Å². The first-order valence-corrected chi connectivity index (χ1v) is 6.95. The summed E-state index contributed by atoms with van der Waals surface area (Å²) in [7, 11) is 1.68. The summed E-state index contributed by atoms with van der Waals surface area (Å²) in [6, 6.07) is 20.6. The molecular formula is C19H17NO. The molecule has 3 rings (SSSR count). The summed E-state index contributed by atoms with van der Waals surface area (Å²) < 4.78 is 5.23. The van der Waals surface area contributed by atoms with Gasteiger partial charge in [-0.25, -0.2) is 0 Å². The Balaban J connectivity index is 2.17.